The lowest BCUT2D eigenvalue weighted by molar-refractivity contribution is 0.163. The lowest BCUT2D eigenvalue weighted by Gasteiger charge is -2.20. The molecule has 1 atom stereocenters. The van der Waals surface area contributed by atoms with Gasteiger partial charge >= 0.3 is 6.03 Å². The highest BCUT2D eigenvalue weighted by molar-refractivity contribution is 5.73. The van der Waals surface area contributed by atoms with E-state index in [1.807, 2.05) is 6.92 Å². The Labute approximate surface area is 111 Å². The number of urea groups is 1. The number of nitrogens with one attached hydrogen (secondary N) is 2. The van der Waals surface area contributed by atoms with Gasteiger partial charge < -0.3 is 25.2 Å². The maximum absolute atomic E-state index is 11.2. The molecule has 0 radical (unpaired) electrons. The molecule has 0 aliphatic carbocycles. The Morgan fingerprint density at radius 1 is 1.32 bits per heavy atom. The van der Waals surface area contributed by atoms with Crippen LogP contribution in [0.4, 0.5) is 4.79 Å². The summed E-state index contributed by atoms with van der Waals surface area (Å²) in [7, 11) is 0. The van der Waals surface area contributed by atoms with Crippen molar-refractivity contribution < 1.29 is 19.4 Å². The summed E-state index contributed by atoms with van der Waals surface area (Å²) >= 11 is 0. The van der Waals surface area contributed by atoms with E-state index in [0.29, 0.717) is 36.8 Å². The molecule has 0 fully saturated rings. The van der Waals surface area contributed by atoms with Crippen molar-refractivity contribution in [3.05, 3.63) is 23.8 Å². The number of aliphatic hydroxyl groups excluding tert-OH is 1. The molecule has 104 valence electrons. The van der Waals surface area contributed by atoms with Crippen molar-refractivity contribution in [2.75, 3.05) is 26.3 Å². The monoisotopic (exact) mass is 266 g/mol. The average Bonchev–Trinajstić information content (AvgIpc) is 2.44. The van der Waals surface area contributed by atoms with Crippen molar-refractivity contribution >= 4 is 6.03 Å². The van der Waals surface area contributed by atoms with Crippen molar-refractivity contribution in [3.63, 3.8) is 0 Å². The maximum atomic E-state index is 11.2. The van der Waals surface area contributed by atoms with Gasteiger partial charge in [-0.1, -0.05) is 6.07 Å². The van der Waals surface area contributed by atoms with Crippen LogP contribution in [0.15, 0.2) is 18.2 Å². The minimum atomic E-state index is -0.779. The summed E-state index contributed by atoms with van der Waals surface area (Å²) in [6, 6.07) is 4.97. The first-order valence-corrected chi connectivity index (χ1v) is 6.30. The molecule has 0 bridgehead atoms. The van der Waals surface area contributed by atoms with Gasteiger partial charge in [-0.2, -0.15) is 0 Å². The molecule has 6 nitrogen and oxygen atoms in total. The topological polar surface area (TPSA) is 79.8 Å². The summed E-state index contributed by atoms with van der Waals surface area (Å²) in [4.78, 5) is 11.2. The summed E-state index contributed by atoms with van der Waals surface area (Å²) in [6.07, 6.45) is -0.779. The average molecular weight is 266 g/mol. The second-order valence-electron chi connectivity index (χ2n) is 4.16. The SMILES string of the molecule is CCNC(=O)NCC(O)c1ccc2c(c1)OCCO2. The fourth-order valence-electron chi connectivity index (χ4n) is 1.80. The van der Waals surface area contributed by atoms with Gasteiger partial charge in [-0.05, 0) is 24.6 Å². The number of carbonyl (C=O) groups is 1. The predicted molar refractivity (Wildman–Crippen MR) is 69.5 cm³/mol. The van der Waals surface area contributed by atoms with Crippen LogP contribution in [0.2, 0.25) is 0 Å². The molecule has 6 heteroatoms. The molecular weight excluding hydrogens is 248 g/mol. The van der Waals surface area contributed by atoms with E-state index in [-0.39, 0.29) is 12.6 Å². The Balaban J connectivity index is 1.95. The van der Waals surface area contributed by atoms with Gasteiger partial charge in [0.2, 0.25) is 0 Å². The minimum absolute atomic E-state index is 0.144. The largest absolute Gasteiger partial charge is 0.486 e. The van der Waals surface area contributed by atoms with E-state index in [0.717, 1.165) is 0 Å². The van der Waals surface area contributed by atoms with Crippen molar-refractivity contribution in [2.45, 2.75) is 13.0 Å². The molecule has 1 aliphatic heterocycles. The first-order chi connectivity index (χ1) is 9.20. The summed E-state index contributed by atoms with van der Waals surface area (Å²) in [6.45, 7) is 3.56. The van der Waals surface area contributed by atoms with Gasteiger partial charge in [0.15, 0.2) is 11.5 Å². The molecule has 0 aromatic heterocycles. The molecule has 0 spiro atoms. The highest BCUT2D eigenvalue weighted by Gasteiger charge is 2.15. The van der Waals surface area contributed by atoms with Gasteiger partial charge in [-0.25, -0.2) is 4.79 Å². The van der Waals surface area contributed by atoms with E-state index >= 15 is 0 Å². The highest BCUT2D eigenvalue weighted by atomic mass is 16.6. The van der Waals surface area contributed by atoms with Crippen LogP contribution in [0.5, 0.6) is 11.5 Å². The summed E-state index contributed by atoms with van der Waals surface area (Å²) in [5.74, 6) is 1.31. The molecule has 1 unspecified atom stereocenters. The third kappa shape index (κ3) is 3.51. The fourth-order valence-corrected chi connectivity index (χ4v) is 1.80. The Morgan fingerprint density at radius 3 is 2.79 bits per heavy atom. The quantitative estimate of drug-likeness (QED) is 0.753. The Bertz CT molecular complexity index is 450. The van der Waals surface area contributed by atoms with Crippen LogP contribution >= 0.6 is 0 Å². The Morgan fingerprint density at radius 2 is 2.05 bits per heavy atom. The second kappa shape index (κ2) is 6.29. The molecule has 1 heterocycles. The van der Waals surface area contributed by atoms with Crippen LogP contribution in [-0.4, -0.2) is 37.4 Å². The second-order valence-corrected chi connectivity index (χ2v) is 4.16. The zero-order valence-corrected chi connectivity index (χ0v) is 10.8. The maximum Gasteiger partial charge on any atom is 0.314 e. The van der Waals surface area contributed by atoms with Crippen LogP contribution in [0, 0.1) is 0 Å². The first kappa shape index (κ1) is 13.5. The molecular formula is C13H18N2O4. The first-order valence-electron chi connectivity index (χ1n) is 6.30. The Hall–Kier alpha value is -1.95. The smallest absolute Gasteiger partial charge is 0.314 e. The van der Waals surface area contributed by atoms with Gasteiger partial charge in [0.05, 0.1) is 6.10 Å². The van der Waals surface area contributed by atoms with Gasteiger partial charge in [-0.3, -0.25) is 0 Å². The lowest BCUT2D eigenvalue weighted by atomic mass is 10.1. The van der Waals surface area contributed by atoms with E-state index < -0.39 is 6.10 Å². The van der Waals surface area contributed by atoms with E-state index in [4.69, 9.17) is 9.47 Å². The number of benzene rings is 1. The van der Waals surface area contributed by atoms with Crippen molar-refractivity contribution in [2.24, 2.45) is 0 Å². The zero-order valence-electron chi connectivity index (χ0n) is 10.8. The normalized spacial score (nSPS) is 14.6. The van der Waals surface area contributed by atoms with E-state index in [1.54, 1.807) is 18.2 Å². The standard InChI is InChI=1S/C13H18N2O4/c1-2-14-13(17)15-8-10(16)9-3-4-11-12(7-9)19-6-5-18-11/h3-4,7,10,16H,2,5-6,8H2,1H3,(H2,14,15,17). The lowest BCUT2D eigenvalue weighted by Crippen LogP contribution is -2.37. The number of fused-ring (bicyclic) bond motifs is 1. The molecule has 1 aromatic rings. The third-order valence-electron chi connectivity index (χ3n) is 2.74. The number of amides is 2. The number of aliphatic hydroxyl groups is 1. The van der Waals surface area contributed by atoms with E-state index in [2.05, 4.69) is 10.6 Å². The molecule has 0 saturated carbocycles. The van der Waals surface area contributed by atoms with Gasteiger partial charge in [0, 0.05) is 13.1 Å². The van der Waals surface area contributed by atoms with Crippen LogP contribution < -0.4 is 20.1 Å². The van der Waals surface area contributed by atoms with Crippen molar-refractivity contribution in [1.82, 2.24) is 10.6 Å². The summed E-state index contributed by atoms with van der Waals surface area (Å²) < 4.78 is 10.8. The van der Waals surface area contributed by atoms with Crippen molar-refractivity contribution in [3.8, 4) is 11.5 Å². The minimum Gasteiger partial charge on any atom is -0.486 e. The van der Waals surface area contributed by atoms with Gasteiger partial charge in [0.25, 0.3) is 0 Å². The third-order valence-corrected chi connectivity index (χ3v) is 2.74. The number of carbonyl (C=O) groups excluding carboxylic acids is 1. The van der Waals surface area contributed by atoms with Crippen LogP contribution in [0.1, 0.15) is 18.6 Å². The van der Waals surface area contributed by atoms with Crippen molar-refractivity contribution in [1.29, 1.82) is 0 Å². The van der Waals surface area contributed by atoms with Gasteiger partial charge in [-0.15, -0.1) is 0 Å². The summed E-state index contributed by atoms with van der Waals surface area (Å²) in [5, 5.41) is 15.2. The predicted octanol–water partition coefficient (Wildman–Crippen LogP) is 0.810. The van der Waals surface area contributed by atoms with Crippen LogP contribution in [-0.2, 0) is 0 Å². The molecule has 3 N–H and O–H groups in total. The number of hydrogen-bond acceptors (Lipinski definition) is 4. The van der Waals surface area contributed by atoms with E-state index in [1.165, 1.54) is 0 Å². The number of rotatable bonds is 4. The molecule has 1 aliphatic rings. The summed E-state index contributed by atoms with van der Waals surface area (Å²) in [5.41, 5.74) is 0.682. The molecule has 2 rings (SSSR count). The fraction of sp³-hybridized carbons (Fsp3) is 0.462. The Kier molecular flexibility index (Phi) is 4.46. The molecule has 1 aromatic carbocycles. The highest BCUT2D eigenvalue weighted by Crippen LogP contribution is 2.32. The van der Waals surface area contributed by atoms with Crippen LogP contribution in [0.25, 0.3) is 0 Å². The molecule has 2 amide bonds. The molecule has 19 heavy (non-hydrogen) atoms. The van der Waals surface area contributed by atoms with Gasteiger partial charge in [0.1, 0.15) is 13.2 Å². The molecule has 0 saturated heterocycles. The van der Waals surface area contributed by atoms with E-state index in [9.17, 15) is 9.90 Å². The van der Waals surface area contributed by atoms with Crippen LogP contribution in [0.3, 0.4) is 0 Å². The number of hydrogen-bond donors (Lipinski definition) is 3. The number of ether oxygens (including phenoxy) is 2. The zero-order chi connectivity index (χ0) is 13.7.